The average Bonchev–Trinajstić information content (AvgIpc) is 3.29. The maximum atomic E-state index is 13.9. The van der Waals surface area contributed by atoms with E-state index in [9.17, 15) is 18.4 Å². The van der Waals surface area contributed by atoms with Gasteiger partial charge in [-0.2, -0.15) is 0 Å². The Morgan fingerprint density at radius 3 is 2.56 bits per heavy atom. The highest BCUT2D eigenvalue weighted by Crippen LogP contribution is 2.46. The summed E-state index contributed by atoms with van der Waals surface area (Å²) in [6.45, 7) is 0. The molecule has 1 unspecified atom stereocenters. The van der Waals surface area contributed by atoms with E-state index in [1.165, 1.54) is 17.0 Å². The van der Waals surface area contributed by atoms with Crippen molar-refractivity contribution >= 4 is 11.9 Å². The monoisotopic (exact) mass is 342 g/mol. The molecule has 1 saturated heterocycles. The van der Waals surface area contributed by atoms with Crippen LogP contribution in [0.3, 0.4) is 0 Å². The number of carbonyl (C=O) groups excluding carboxylic acids is 2. The largest absolute Gasteiger partial charge is 0.325 e. The third-order valence-electron chi connectivity index (χ3n) is 4.79. The number of benzene rings is 2. The van der Waals surface area contributed by atoms with Crippen molar-refractivity contribution in [2.45, 2.75) is 30.8 Å². The van der Waals surface area contributed by atoms with Crippen LogP contribution >= 0.6 is 0 Å². The van der Waals surface area contributed by atoms with Gasteiger partial charge in [0.15, 0.2) is 0 Å². The normalized spacial score (nSPS) is 25.2. The van der Waals surface area contributed by atoms with E-state index in [4.69, 9.17) is 0 Å². The fourth-order valence-corrected chi connectivity index (χ4v) is 3.45. The molecule has 2 fully saturated rings. The van der Waals surface area contributed by atoms with Crippen LogP contribution in [-0.4, -0.2) is 28.9 Å². The molecular weight excluding hydrogens is 326 g/mol. The van der Waals surface area contributed by atoms with E-state index in [0.717, 1.165) is 11.6 Å². The summed E-state index contributed by atoms with van der Waals surface area (Å²) in [6, 6.07) is 11.4. The molecule has 0 bridgehead atoms. The molecule has 0 aromatic heterocycles. The Hall–Kier alpha value is -2.76. The van der Waals surface area contributed by atoms with Gasteiger partial charge in [-0.15, -0.1) is 0 Å². The van der Waals surface area contributed by atoms with Crippen LogP contribution in [0, 0.1) is 11.6 Å². The first-order valence-electron chi connectivity index (χ1n) is 8.17. The molecule has 2 aromatic carbocycles. The number of halogens is 2. The van der Waals surface area contributed by atoms with Crippen LogP contribution in [0.4, 0.5) is 13.6 Å². The third-order valence-corrected chi connectivity index (χ3v) is 4.79. The Labute approximate surface area is 143 Å². The lowest BCUT2D eigenvalue weighted by Gasteiger charge is -2.13. The van der Waals surface area contributed by atoms with Crippen molar-refractivity contribution in [3.05, 3.63) is 71.3 Å². The van der Waals surface area contributed by atoms with E-state index in [0.29, 0.717) is 18.4 Å². The molecule has 1 N–H and O–H groups in total. The van der Waals surface area contributed by atoms with Crippen LogP contribution < -0.4 is 5.32 Å². The summed E-state index contributed by atoms with van der Waals surface area (Å²) >= 11 is 0. The van der Waals surface area contributed by atoms with Gasteiger partial charge >= 0.3 is 6.03 Å². The van der Waals surface area contributed by atoms with Gasteiger partial charge in [0.25, 0.3) is 5.91 Å². The number of nitrogens with zero attached hydrogens (tertiary/aromatic N) is 1. The van der Waals surface area contributed by atoms with E-state index < -0.39 is 23.7 Å². The predicted octanol–water partition coefficient (Wildman–Crippen LogP) is 2.98. The number of rotatable bonds is 4. The quantitative estimate of drug-likeness (QED) is 0.869. The first kappa shape index (κ1) is 15.7. The van der Waals surface area contributed by atoms with E-state index in [2.05, 4.69) is 5.32 Å². The molecule has 128 valence electrons. The number of imide groups is 1. The van der Waals surface area contributed by atoms with Crippen molar-refractivity contribution in [1.29, 1.82) is 0 Å². The maximum absolute atomic E-state index is 13.9. The molecule has 1 aliphatic heterocycles. The van der Waals surface area contributed by atoms with Gasteiger partial charge in [-0.05, 0) is 23.6 Å². The third kappa shape index (κ3) is 2.88. The van der Waals surface area contributed by atoms with Crippen LogP contribution in [0.15, 0.2) is 48.5 Å². The number of carbonyl (C=O) groups is 2. The van der Waals surface area contributed by atoms with Gasteiger partial charge in [-0.3, -0.25) is 9.69 Å². The summed E-state index contributed by atoms with van der Waals surface area (Å²) in [5.74, 6) is -1.84. The van der Waals surface area contributed by atoms with Gasteiger partial charge in [0.05, 0.1) is 0 Å². The Morgan fingerprint density at radius 1 is 1.08 bits per heavy atom. The van der Waals surface area contributed by atoms with Crippen molar-refractivity contribution in [3.8, 4) is 0 Å². The Bertz CT molecular complexity index is 841. The zero-order valence-corrected chi connectivity index (χ0v) is 13.3. The van der Waals surface area contributed by atoms with Crippen LogP contribution in [0.25, 0.3) is 0 Å². The van der Waals surface area contributed by atoms with Crippen molar-refractivity contribution in [2.75, 3.05) is 0 Å². The number of urea groups is 1. The van der Waals surface area contributed by atoms with Crippen LogP contribution in [-0.2, 0) is 11.2 Å². The number of nitrogens with one attached hydrogen (secondary N) is 1. The SMILES string of the molecule is O=C1NC(Cc2ccccc2)C(=O)N1[C@@H]1C[C@H]1c1ccc(F)cc1F. The first-order valence-corrected chi connectivity index (χ1v) is 8.17. The van der Waals surface area contributed by atoms with Gasteiger partial charge in [0, 0.05) is 24.4 Å². The molecule has 1 heterocycles. The second kappa shape index (κ2) is 5.95. The minimum Gasteiger partial charge on any atom is -0.325 e. The molecule has 4 nitrogen and oxygen atoms in total. The molecule has 6 heteroatoms. The van der Waals surface area contributed by atoms with Crippen molar-refractivity contribution in [1.82, 2.24) is 10.2 Å². The minimum absolute atomic E-state index is 0.272. The molecule has 2 aromatic rings. The molecule has 25 heavy (non-hydrogen) atoms. The summed E-state index contributed by atoms with van der Waals surface area (Å²) in [6.07, 6.45) is 0.921. The number of amides is 3. The lowest BCUT2D eigenvalue weighted by molar-refractivity contribution is -0.127. The molecule has 3 amide bonds. The maximum Gasteiger partial charge on any atom is 0.325 e. The highest BCUT2D eigenvalue weighted by Gasteiger charge is 2.52. The average molecular weight is 342 g/mol. The highest BCUT2D eigenvalue weighted by molar-refractivity contribution is 6.05. The lowest BCUT2D eigenvalue weighted by Crippen LogP contribution is -2.34. The smallest absolute Gasteiger partial charge is 0.325 e. The van der Waals surface area contributed by atoms with Crippen molar-refractivity contribution in [3.63, 3.8) is 0 Å². The summed E-state index contributed by atoms with van der Waals surface area (Å²) in [7, 11) is 0. The summed E-state index contributed by atoms with van der Waals surface area (Å²) in [4.78, 5) is 26.0. The molecule has 3 atom stereocenters. The summed E-state index contributed by atoms with van der Waals surface area (Å²) in [5.41, 5.74) is 1.30. The molecule has 1 aliphatic carbocycles. The summed E-state index contributed by atoms with van der Waals surface area (Å²) in [5, 5.41) is 2.70. The van der Waals surface area contributed by atoms with Gasteiger partial charge < -0.3 is 5.32 Å². The molecule has 4 rings (SSSR count). The van der Waals surface area contributed by atoms with Crippen molar-refractivity contribution in [2.24, 2.45) is 0 Å². The standard InChI is InChI=1S/C19H16F2N2O2/c20-12-6-7-13(15(21)9-12)14-10-17(14)23-18(24)16(22-19(23)25)8-11-4-2-1-3-5-11/h1-7,9,14,16-17H,8,10H2,(H,22,25)/t14-,16?,17+/m0/s1. The van der Waals surface area contributed by atoms with E-state index in [1.807, 2.05) is 30.3 Å². The van der Waals surface area contributed by atoms with Gasteiger partial charge in [-0.25, -0.2) is 13.6 Å². The van der Waals surface area contributed by atoms with Crippen molar-refractivity contribution < 1.29 is 18.4 Å². The number of hydrogen-bond donors (Lipinski definition) is 1. The molecular formula is C19H16F2N2O2. The second-order valence-electron chi connectivity index (χ2n) is 6.48. The second-order valence-corrected chi connectivity index (χ2v) is 6.48. The first-order chi connectivity index (χ1) is 12.0. The van der Waals surface area contributed by atoms with E-state index in [-0.39, 0.29) is 17.9 Å². The molecule has 2 aliphatic rings. The zero-order valence-electron chi connectivity index (χ0n) is 13.3. The summed E-state index contributed by atoms with van der Waals surface area (Å²) < 4.78 is 27.0. The van der Waals surface area contributed by atoms with Gasteiger partial charge in [0.1, 0.15) is 17.7 Å². The van der Waals surface area contributed by atoms with Crippen LogP contribution in [0.1, 0.15) is 23.5 Å². The van der Waals surface area contributed by atoms with Gasteiger partial charge in [0.2, 0.25) is 0 Å². The Morgan fingerprint density at radius 2 is 1.84 bits per heavy atom. The number of hydrogen-bond acceptors (Lipinski definition) is 2. The zero-order chi connectivity index (χ0) is 17.6. The molecule has 0 spiro atoms. The topological polar surface area (TPSA) is 49.4 Å². The Kier molecular flexibility index (Phi) is 3.75. The Balaban J connectivity index is 1.48. The lowest BCUT2D eigenvalue weighted by atomic mass is 10.1. The van der Waals surface area contributed by atoms with Crippen LogP contribution in [0.5, 0.6) is 0 Å². The fraction of sp³-hybridized carbons (Fsp3) is 0.263. The fourth-order valence-electron chi connectivity index (χ4n) is 3.45. The van der Waals surface area contributed by atoms with E-state index in [1.54, 1.807) is 0 Å². The van der Waals surface area contributed by atoms with Crippen LogP contribution in [0.2, 0.25) is 0 Å². The highest BCUT2D eigenvalue weighted by atomic mass is 19.1. The van der Waals surface area contributed by atoms with Gasteiger partial charge in [-0.1, -0.05) is 36.4 Å². The van der Waals surface area contributed by atoms with E-state index >= 15 is 0 Å². The molecule has 1 saturated carbocycles. The molecule has 0 radical (unpaired) electrons. The predicted molar refractivity (Wildman–Crippen MR) is 86.8 cm³/mol. The minimum atomic E-state index is -0.642.